The number of carbonyl (C=O) groups is 1. The number of anilines is 1. The summed E-state index contributed by atoms with van der Waals surface area (Å²) in [5.74, 6) is 7.71. The first-order valence-corrected chi connectivity index (χ1v) is 9.99. The molecule has 4 rings (SSSR count). The highest BCUT2D eigenvalue weighted by Gasteiger charge is 2.20. The molecule has 0 atom stereocenters. The van der Waals surface area contributed by atoms with Gasteiger partial charge in [-0.25, -0.2) is 4.79 Å². The number of hydrogen-bond acceptors (Lipinski definition) is 4. The molecular formula is C26H23NO4. The van der Waals surface area contributed by atoms with Gasteiger partial charge in [0.05, 0.1) is 5.69 Å². The molecule has 0 fully saturated rings. The number of benzene rings is 3. The van der Waals surface area contributed by atoms with Gasteiger partial charge in [0, 0.05) is 16.7 Å². The van der Waals surface area contributed by atoms with Gasteiger partial charge in [-0.2, -0.15) is 0 Å². The Hall–Kier alpha value is -3.91. The zero-order chi connectivity index (χ0) is 21.8. The maximum Gasteiger partial charge on any atom is 0.412 e. The Morgan fingerprint density at radius 3 is 2.48 bits per heavy atom. The molecule has 5 heteroatoms. The molecule has 1 aliphatic rings. The molecule has 1 N–H and O–H groups in total. The third-order valence-electron chi connectivity index (χ3n) is 4.49. The molecule has 0 aliphatic carbocycles. The van der Waals surface area contributed by atoms with Crippen molar-refractivity contribution in [2.75, 3.05) is 12.1 Å². The lowest BCUT2D eigenvalue weighted by atomic mass is 9.99. The first-order valence-electron chi connectivity index (χ1n) is 9.99. The Kier molecular flexibility index (Phi) is 5.55. The second-order valence-electron chi connectivity index (χ2n) is 8.04. The predicted octanol–water partition coefficient (Wildman–Crippen LogP) is 5.83. The van der Waals surface area contributed by atoms with Crippen molar-refractivity contribution in [3.8, 4) is 34.5 Å². The van der Waals surface area contributed by atoms with Crippen LogP contribution in [0.4, 0.5) is 10.5 Å². The van der Waals surface area contributed by atoms with Gasteiger partial charge < -0.3 is 14.2 Å². The summed E-state index contributed by atoms with van der Waals surface area (Å²) in [6, 6.07) is 21.1. The molecule has 31 heavy (non-hydrogen) atoms. The summed E-state index contributed by atoms with van der Waals surface area (Å²) in [5, 5.41) is 2.90. The minimum Gasteiger partial charge on any atom is -0.454 e. The molecule has 3 aromatic carbocycles. The highest BCUT2D eigenvalue weighted by Crippen LogP contribution is 2.39. The van der Waals surface area contributed by atoms with Crippen molar-refractivity contribution in [1.29, 1.82) is 0 Å². The van der Waals surface area contributed by atoms with Crippen molar-refractivity contribution in [2.45, 2.75) is 26.4 Å². The fraction of sp³-hybridized carbons (Fsp3) is 0.192. The van der Waals surface area contributed by atoms with Gasteiger partial charge in [-0.05, 0) is 56.7 Å². The molecule has 0 bridgehead atoms. The molecule has 0 unspecified atom stereocenters. The first-order chi connectivity index (χ1) is 14.9. The van der Waals surface area contributed by atoms with Crippen LogP contribution in [0.1, 0.15) is 31.9 Å². The topological polar surface area (TPSA) is 56.8 Å². The summed E-state index contributed by atoms with van der Waals surface area (Å²) in [6.07, 6.45) is -0.538. The van der Waals surface area contributed by atoms with Crippen molar-refractivity contribution in [1.82, 2.24) is 0 Å². The summed E-state index contributed by atoms with van der Waals surface area (Å²) in [4.78, 5) is 12.6. The van der Waals surface area contributed by atoms with Gasteiger partial charge in [-0.15, -0.1) is 0 Å². The van der Waals surface area contributed by atoms with Crippen LogP contribution in [0.5, 0.6) is 11.5 Å². The van der Waals surface area contributed by atoms with Gasteiger partial charge in [-0.3, -0.25) is 5.32 Å². The van der Waals surface area contributed by atoms with Crippen LogP contribution in [-0.4, -0.2) is 18.5 Å². The number of ether oxygens (including phenoxy) is 3. The number of amides is 1. The Morgan fingerprint density at radius 2 is 1.71 bits per heavy atom. The Balaban J connectivity index is 1.77. The van der Waals surface area contributed by atoms with Crippen LogP contribution in [0.2, 0.25) is 0 Å². The molecule has 0 spiro atoms. The first kappa shape index (κ1) is 20.4. The van der Waals surface area contributed by atoms with Gasteiger partial charge in [0.25, 0.3) is 0 Å². The fourth-order valence-corrected chi connectivity index (χ4v) is 3.16. The lowest BCUT2D eigenvalue weighted by Crippen LogP contribution is -2.27. The average Bonchev–Trinajstić information content (AvgIpc) is 3.20. The SMILES string of the molecule is CC(C)(C)OC(=O)Nc1c(C#Cc2ccccc2)cccc1-c1ccc2c(c1)OCO2. The molecule has 0 aromatic heterocycles. The van der Waals surface area contributed by atoms with Crippen LogP contribution in [0.15, 0.2) is 66.7 Å². The second-order valence-corrected chi connectivity index (χ2v) is 8.04. The van der Waals surface area contributed by atoms with Gasteiger partial charge >= 0.3 is 6.09 Å². The highest BCUT2D eigenvalue weighted by atomic mass is 16.7. The quantitative estimate of drug-likeness (QED) is 0.537. The van der Waals surface area contributed by atoms with Gasteiger partial charge in [-0.1, -0.05) is 48.2 Å². The maximum absolute atomic E-state index is 12.6. The number of nitrogens with one attached hydrogen (secondary N) is 1. The monoisotopic (exact) mass is 413 g/mol. The van der Waals surface area contributed by atoms with E-state index < -0.39 is 11.7 Å². The number of hydrogen-bond donors (Lipinski definition) is 1. The van der Waals surface area contributed by atoms with Crippen molar-refractivity contribution in [3.05, 3.63) is 77.9 Å². The van der Waals surface area contributed by atoms with Crippen molar-refractivity contribution >= 4 is 11.8 Å². The third-order valence-corrected chi connectivity index (χ3v) is 4.49. The zero-order valence-corrected chi connectivity index (χ0v) is 17.7. The lowest BCUT2D eigenvalue weighted by Gasteiger charge is -2.21. The van der Waals surface area contributed by atoms with Gasteiger partial charge in [0.1, 0.15) is 5.60 Å². The molecule has 3 aromatic rings. The molecule has 1 aliphatic heterocycles. The average molecular weight is 413 g/mol. The zero-order valence-electron chi connectivity index (χ0n) is 17.7. The predicted molar refractivity (Wildman–Crippen MR) is 120 cm³/mol. The van der Waals surface area contributed by atoms with E-state index in [9.17, 15) is 4.79 Å². The minimum absolute atomic E-state index is 0.199. The number of fused-ring (bicyclic) bond motifs is 1. The third kappa shape index (κ3) is 4.99. The molecule has 1 heterocycles. The summed E-state index contributed by atoms with van der Waals surface area (Å²) < 4.78 is 16.4. The van der Waals surface area contributed by atoms with Crippen molar-refractivity contribution < 1.29 is 19.0 Å². The van der Waals surface area contributed by atoms with Gasteiger partial charge in [0.2, 0.25) is 6.79 Å². The normalized spacial score (nSPS) is 12.0. The van der Waals surface area contributed by atoms with Crippen LogP contribution in [0, 0.1) is 11.8 Å². The Labute approximate surface area is 182 Å². The maximum atomic E-state index is 12.6. The van der Waals surface area contributed by atoms with Gasteiger partial charge in [0.15, 0.2) is 11.5 Å². The standard InChI is InChI=1S/C26H23NO4/c1-26(2,3)31-25(28)27-24-19(13-12-18-8-5-4-6-9-18)10-7-11-21(24)20-14-15-22-23(16-20)30-17-29-22/h4-11,14-16H,17H2,1-3H3,(H,27,28). The summed E-state index contributed by atoms with van der Waals surface area (Å²) in [6.45, 7) is 5.68. The fourth-order valence-electron chi connectivity index (χ4n) is 3.16. The van der Waals surface area contributed by atoms with E-state index in [1.807, 2.05) is 87.5 Å². The van der Waals surface area contributed by atoms with Crippen molar-refractivity contribution in [3.63, 3.8) is 0 Å². The molecule has 0 saturated heterocycles. The molecule has 0 radical (unpaired) electrons. The lowest BCUT2D eigenvalue weighted by molar-refractivity contribution is 0.0636. The van der Waals surface area contributed by atoms with E-state index in [1.54, 1.807) is 0 Å². The van der Waals surface area contributed by atoms with Crippen molar-refractivity contribution in [2.24, 2.45) is 0 Å². The van der Waals surface area contributed by atoms with E-state index in [0.29, 0.717) is 22.7 Å². The van der Waals surface area contributed by atoms with E-state index in [-0.39, 0.29) is 6.79 Å². The summed E-state index contributed by atoms with van der Waals surface area (Å²) in [7, 11) is 0. The van der Waals surface area contributed by atoms with E-state index in [4.69, 9.17) is 14.2 Å². The second kappa shape index (κ2) is 8.45. The van der Waals surface area contributed by atoms with Crippen LogP contribution in [0.25, 0.3) is 11.1 Å². The summed E-state index contributed by atoms with van der Waals surface area (Å²) >= 11 is 0. The van der Waals surface area contributed by atoms with Crippen LogP contribution in [-0.2, 0) is 4.74 Å². The molecule has 0 saturated carbocycles. The number of rotatable bonds is 2. The van der Waals surface area contributed by atoms with Crippen LogP contribution >= 0.6 is 0 Å². The number of para-hydroxylation sites is 1. The summed E-state index contributed by atoms with van der Waals surface area (Å²) in [5.41, 5.74) is 3.22. The van der Waals surface area contributed by atoms with Crippen LogP contribution < -0.4 is 14.8 Å². The Morgan fingerprint density at radius 1 is 0.935 bits per heavy atom. The molecule has 156 valence electrons. The highest BCUT2D eigenvalue weighted by molar-refractivity contribution is 5.94. The largest absolute Gasteiger partial charge is 0.454 e. The minimum atomic E-state index is -0.617. The van der Waals surface area contributed by atoms with E-state index in [0.717, 1.165) is 16.7 Å². The number of carbonyl (C=O) groups excluding carboxylic acids is 1. The Bertz CT molecular complexity index is 1170. The van der Waals surface area contributed by atoms with E-state index >= 15 is 0 Å². The smallest absolute Gasteiger partial charge is 0.412 e. The molecule has 1 amide bonds. The molecular weight excluding hydrogens is 390 g/mol. The van der Waals surface area contributed by atoms with E-state index in [2.05, 4.69) is 17.2 Å². The van der Waals surface area contributed by atoms with E-state index in [1.165, 1.54) is 0 Å². The van der Waals surface area contributed by atoms with Crippen LogP contribution in [0.3, 0.4) is 0 Å². The molecule has 5 nitrogen and oxygen atoms in total.